The average molecular weight is 714 g/mol. The minimum atomic E-state index is -0.785. The van der Waals surface area contributed by atoms with Gasteiger partial charge in [0.2, 0.25) is 0 Å². The molecule has 0 saturated carbocycles. The Morgan fingerprint density at radius 1 is 0.957 bits per heavy atom. The molecular formula is C37H30BrFN2O5S. The van der Waals surface area contributed by atoms with Crippen LogP contribution in [0.15, 0.2) is 117 Å². The molecule has 10 heteroatoms. The maximum Gasteiger partial charge on any atom is 0.338 e. The zero-order valence-corrected chi connectivity index (χ0v) is 28.0. The molecule has 6 rings (SSSR count). The highest BCUT2D eigenvalue weighted by atomic mass is 79.9. The lowest BCUT2D eigenvalue weighted by Gasteiger charge is -2.26. The first-order valence-corrected chi connectivity index (χ1v) is 16.6. The lowest BCUT2D eigenvalue weighted by atomic mass is 9.93. The van der Waals surface area contributed by atoms with Crippen molar-refractivity contribution in [1.29, 1.82) is 0 Å². The number of esters is 1. The molecule has 1 aliphatic heterocycles. The van der Waals surface area contributed by atoms with Gasteiger partial charge in [0.1, 0.15) is 23.9 Å². The number of carbonyl (C=O) groups excluding carboxylic acids is 1. The number of carbonyl (C=O) groups is 1. The van der Waals surface area contributed by atoms with Gasteiger partial charge in [0.15, 0.2) is 4.80 Å². The summed E-state index contributed by atoms with van der Waals surface area (Å²) in [6, 6.07) is 27.7. The molecule has 7 nitrogen and oxygen atoms in total. The minimum absolute atomic E-state index is 0.170. The summed E-state index contributed by atoms with van der Waals surface area (Å²) in [6.45, 7) is 4.61. The smallest absolute Gasteiger partial charge is 0.338 e. The van der Waals surface area contributed by atoms with E-state index in [2.05, 4.69) is 15.9 Å². The van der Waals surface area contributed by atoms with Gasteiger partial charge in [0.05, 0.1) is 39.5 Å². The third kappa shape index (κ3) is 6.99. The van der Waals surface area contributed by atoms with Crippen molar-refractivity contribution in [2.75, 3.05) is 13.2 Å². The van der Waals surface area contributed by atoms with Gasteiger partial charge in [0, 0.05) is 5.56 Å². The Kier molecular flexibility index (Phi) is 9.79. The van der Waals surface area contributed by atoms with Gasteiger partial charge in [-0.15, -0.1) is 0 Å². The standard InChI is InChI=1S/C37H30BrFN2O5S/c1-3-44-28-17-13-26(14-18-28)34-32(36(43)45-4-2)33(25-8-6-5-7-9-25)40-37-41(34)35(42)31(47-37)21-24-12-19-30(29(38)20-24)46-22-23-10-15-27(39)16-11-23/h5-21,34H,3-4,22H2,1-2H3/b31-21-/t34-/m0/s1. The van der Waals surface area contributed by atoms with Crippen LogP contribution in [0.25, 0.3) is 11.8 Å². The summed E-state index contributed by atoms with van der Waals surface area (Å²) in [4.78, 5) is 33.2. The number of hydrogen-bond donors (Lipinski definition) is 0. The van der Waals surface area contributed by atoms with Crippen LogP contribution < -0.4 is 24.4 Å². The first-order chi connectivity index (χ1) is 22.9. The van der Waals surface area contributed by atoms with E-state index in [1.165, 1.54) is 23.5 Å². The number of benzene rings is 4. The molecule has 0 radical (unpaired) electrons. The third-order valence-electron chi connectivity index (χ3n) is 7.44. The molecule has 238 valence electrons. The van der Waals surface area contributed by atoms with E-state index in [4.69, 9.17) is 19.2 Å². The summed E-state index contributed by atoms with van der Waals surface area (Å²) < 4.78 is 33.1. The summed E-state index contributed by atoms with van der Waals surface area (Å²) in [7, 11) is 0. The molecule has 1 aromatic heterocycles. The van der Waals surface area contributed by atoms with Crippen LogP contribution in [0.4, 0.5) is 4.39 Å². The second-order valence-corrected chi connectivity index (χ2v) is 12.4. The molecule has 47 heavy (non-hydrogen) atoms. The second-order valence-electron chi connectivity index (χ2n) is 10.5. The van der Waals surface area contributed by atoms with E-state index in [1.54, 1.807) is 29.7 Å². The summed E-state index contributed by atoms with van der Waals surface area (Å²) in [6.07, 6.45) is 1.80. The lowest BCUT2D eigenvalue weighted by molar-refractivity contribution is -0.138. The number of aromatic nitrogens is 1. The Labute approximate surface area is 283 Å². The van der Waals surface area contributed by atoms with Gasteiger partial charge >= 0.3 is 5.97 Å². The summed E-state index contributed by atoms with van der Waals surface area (Å²) in [5, 5.41) is 0. The molecule has 1 atom stereocenters. The van der Waals surface area contributed by atoms with Crippen LogP contribution >= 0.6 is 27.3 Å². The molecule has 4 aromatic carbocycles. The Morgan fingerprint density at radius 2 is 1.70 bits per heavy atom. The molecular weight excluding hydrogens is 683 g/mol. The molecule has 0 saturated heterocycles. The predicted octanol–water partition coefficient (Wildman–Crippen LogP) is 6.81. The average Bonchev–Trinajstić information content (AvgIpc) is 3.39. The van der Waals surface area contributed by atoms with Crippen molar-refractivity contribution in [2.24, 2.45) is 4.99 Å². The van der Waals surface area contributed by atoms with Gasteiger partial charge in [-0.2, -0.15) is 0 Å². The Bertz CT molecular complexity index is 2130. The van der Waals surface area contributed by atoms with Crippen molar-refractivity contribution >= 4 is 45.0 Å². The van der Waals surface area contributed by atoms with Gasteiger partial charge in [-0.3, -0.25) is 9.36 Å². The molecule has 0 unspecified atom stereocenters. The quantitative estimate of drug-likeness (QED) is 0.149. The van der Waals surface area contributed by atoms with Crippen LogP contribution in [0.1, 0.15) is 42.1 Å². The lowest BCUT2D eigenvalue weighted by Crippen LogP contribution is -2.40. The maximum atomic E-state index is 14.2. The van der Waals surface area contributed by atoms with E-state index in [0.29, 0.717) is 37.6 Å². The number of fused-ring (bicyclic) bond motifs is 1. The Morgan fingerprint density at radius 3 is 2.38 bits per heavy atom. The van der Waals surface area contributed by atoms with E-state index in [1.807, 2.05) is 79.7 Å². The fraction of sp³-hybridized carbons (Fsp3) is 0.162. The minimum Gasteiger partial charge on any atom is -0.494 e. The second kappa shape index (κ2) is 14.3. The molecule has 2 heterocycles. The van der Waals surface area contributed by atoms with Crippen LogP contribution in [0.5, 0.6) is 11.5 Å². The van der Waals surface area contributed by atoms with E-state index in [9.17, 15) is 14.0 Å². The van der Waals surface area contributed by atoms with Gasteiger partial charge in [-0.1, -0.05) is 72.0 Å². The number of ether oxygens (including phenoxy) is 3. The predicted molar refractivity (Wildman–Crippen MR) is 184 cm³/mol. The highest BCUT2D eigenvalue weighted by molar-refractivity contribution is 9.10. The zero-order chi connectivity index (χ0) is 32.9. The largest absolute Gasteiger partial charge is 0.494 e. The Hall–Kier alpha value is -4.80. The summed E-state index contributed by atoms with van der Waals surface area (Å²) >= 11 is 4.83. The molecule has 1 aliphatic rings. The number of halogens is 2. The normalized spacial score (nSPS) is 14.4. The number of thiazole rings is 1. The van der Waals surface area contributed by atoms with Crippen LogP contribution in [-0.2, 0) is 16.1 Å². The maximum absolute atomic E-state index is 14.2. The van der Waals surface area contributed by atoms with Crippen molar-refractivity contribution in [3.05, 3.63) is 155 Å². The zero-order valence-electron chi connectivity index (χ0n) is 25.6. The molecule has 0 fully saturated rings. The monoisotopic (exact) mass is 712 g/mol. The highest BCUT2D eigenvalue weighted by Crippen LogP contribution is 2.36. The van der Waals surface area contributed by atoms with Crippen LogP contribution in [0.2, 0.25) is 0 Å². The van der Waals surface area contributed by atoms with Crippen LogP contribution in [-0.4, -0.2) is 23.8 Å². The summed E-state index contributed by atoms with van der Waals surface area (Å²) in [5.41, 5.74) is 3.52. The molecule has 5 aromatic rings. The van der Waals surface area contributed by atoms with Gasteiger partial charge in [-0.25, -0.2) is 14.2 Å². The topological polar surface area (TPSA) is 79.1 Å². The van der Waals surface area contributed by atoms with E-state index in [-0.39, 0.29) is 30.2 Å². The van der Waals surface area contributed by atoms with Gasteiger partial charge < -0.3 is 14.2 Å². The van der Waals surface area contributed by atoms with Crippen molar-refractivity contribution in [3.8, 4) is 11.5 Å². The van der Waals surface area contributed by atoms with E-state index in [0.717, 1.165) is 22.3 Å². The molecule has 0 aliphatic carbocycles. The summed E-state index contributed by atoms with van der Waals surface area (Å²) in [5.74, 6) is 0.450. The fourth-order valence-electron chi connectivity index (χ4n) is 5.29. The highest BCUT2D eigenvalue weighted by Gasteiger charge is 2.35. The van der Waals surface area contributed by atoms with E-state index < -0.39 is 12.0 Å². The third-order valence-corrected chi connectivity index (χ3v) is 9.04. The molecule has 0 spiro atoms. The van der Waals surface area contributed by atoms with Gasteiger partial charge in [0.25, 0.3) is 5.56 Å². The SMILES string of the molecule is CCOC(=O)C1=C(c2ccccc2)N=c2s/c(=C\c3ccc(OCc4ccc(F)cc4)c(Br)c3)c(=O)n2[C@H]1c1ccc(OCC)cc1. The number of hydrogen-bond acceptors (Lipinski definition) is 7. The van der Waals surface area contributed by atoms with Crippen molar-refractivity contribution in [3.63, 3.8) is 0 Å². The van der Waals surface area contributed by atoms with Crippen molar-refractivity contribution < 1.29 is 23.4 Å². The van der Waals surface area contributed by atoms with Crippen LogP contribution in [0.3, 0.4) is 0 Å². The molecule has 0 amide bonds. The fourth-order valence-corrected chi connectivity index (χ4v) is 6.80. The number of rotatable bonds is 10. The molecule has 0 N–H and O–H groups in total. The van der Waals surface area contributed by atoms with Crippen molar-refractivity contribution in [2.45, 2.75) is 26.5 Å². The van der Waals surface area contributed by atoms with Crippen molar-refractivity contribution in [1.82, 2.24) is 4.57 Å². The van der Waals surface area contributed by atoms with Gasteiger partial charge in [-0.05, 0) is 88.9 Å². The Balaban J connectivity index is 1.45. The van der Waals surface area contributed by atoms with E-state index >= 15 is 0 Å². The first kappa shape index (κ1) is 32.2. The first-order valence-electron chi connectivity index (χ1n) is 15.0. The number of nitrogens with zero attached hydrogens (tertiary/aromatic N) is 2. The van der Waals surface area contributed by atoms with Crippen LogP contribution in [0, 0.1) is 5.82 Å². The molecule has 0 bridgehead atoms.